The fourth-order valence-corrected chi connectivity index (χ4v) is 5.06. The van der Waals surface area contributed by atoms with Gasteiger partial charge < -0.3 is 15.4 Å². The number of hydrogen-bond acceptors (Lipinski definition) is 3. The van der Waals surface area contributed by atoms with Crippen molar-refractivity contribution >= 4 is 11.6 Å². The molecule has 2 N–H and O–H groups in total. The zero-order valence-electron chi connectivity index (χ0n) is 20.0. The van der Waals surface area contributed by atoms with E-state index in [4.69, 9.17) is 4.74 Å². The van der Waals surface area contributed by atoms with Crippen LogP contribution in [-0.2, 0) is 6.61 Å². The van der Waals surface area contributed by atoms with Gasteiger partial charge in [-0.3, -0.25) is 4.79 Å². The number of nitrogens with one attached hydrogen (secondary N) is 2. The first-order valence-electron chi connectivity index (χ1n) is 12.0. The molecule has 0 saturated heterocycles. The van der Waals surface area contributed by atoms with Gasteiger partial charge in [-0.2, -0.15) is 0 Å². The molecule has 0 spiro atoms. The van der Waals surface area contributed by atoms with Crippen LogP contribution < -0.4 is 15.4 Å². The van der Waals surface area contributed by atoms with E-state index in [2.05, 4.69) is 53.1 Å². The molecule has 174 valence electrons. The third-order valence-corrected chi connectivity index (χ3v) is 6.62. The van der Waals surface area contributed by atoms with E-state index < -0.39 is 0 Å². The molecule has 0 fully saturated rings. The van der Waals surface area contributed by atoms with E-state index in [9.17, 15) is 4.79 Å². The van der Waals surface area contributed by atoms with E-state index in [-0.39, 0.29) is 17.5 Å². The number of carbonyl (C=O) groups is 1. The van der Waals surface area contributed by atoms with E-state index in [1.54, 1.807) is 0 Å². The molecule has 1 aliphatic heterocycles. The average molecular weight is 453 g/mol. The van der Waals surface area contributed by atoms with Crippen LogP contribution in [0.2, 0.25) is 0 Å². The highest BCUT2D eigenvalue weighted by molar-refractivity contribution is 6.01. The summed E-state index contributed by atoms with van der Waals surface area (Å²) in [5.41, 5.74) is 4.93. The molecule has 0 radical (unpaired) electrons. The van der Waals surface area contributed by atoms with Gasteiger partial charge >= 0.3 is 0 Å². The number of fused-ring (bicyclic) bond motifs is 3. The molecule has 4 heteroatoms. The fraction of sp³-hybridized carbons (Fsp3) is 0.300. The summed E-state index contributed by atoms with van der Waals surface area (Å²) in [4.78, 5) is 13.1. The van der Waals surface area contributed by atoms with Crippen LogP contribution in [0.3, 0.4) is 0 Å². The van der Waals surface area contributed by atoms with E-state index in [0.717, 1.165) is 23.4 Å². The summed E-state index contributed by atoms with van der Waals surface area (Å²) in [5, 5.41) is 6.88. The van der Waals surface area contributed by atoms with Crippen molar-refractivity contribution in [1.29, 1.82) is 0 Å². The smallest absolute Gasteiger partial charge is 0.253 e. The number of para-hydroxylation sites is 1. The largest absolute Gasteiger partial charge is 0.489 e. The lowest BCUT2D eigenvalue weighted by Gasteiger charge is -2.38. The van der Waals surface area contributed by atoms with Gasteiger partial charge in [0.1, 0.15) is 12.4 Å². The Morgan fingerprint density at radius 2 is 1.76 bits per heavy atom. The summed E-state index contributed by atoms with van der Waals surface area (Å²) in [5.74, 6) is 1.54. The second kappa shape index (κ2) is 9.02. The van der Waals surface area contributed by atoms with Crippen molar-refractivity contribution in [3.05, 3.63) is 107 Å². The van der Waals surface area contributed by atoms with E-state index in [0.29, 0.717) is 24.0 Å². The Morgan fingerprint density at radius 3 is 2.50 bits per heavy atom. The van der Waals surface area contributed by atoms with Gasteiger partial charge in [0.05, 0.1) is 17.3 Å². The first-order chi connectivity index (χ1) is 16.4. The van der Waals surface area contributed by atoms with Crippen molar-refractivity contribution in [3.8, 4) is 5.75 Å². The van der Waals surface area contributed by atoms with Crippen molar-refractivity contribution < 1.29 is 9.53 Å². The molecule has 0 aromatic heterocycles. The van der Waals surface area contributed by atoms with Crippen LogP contribution in [0, 0.1) is 5.92 Å². The molecule has 3 unspecified atom stereocenters. The van der Waals surface area contributed by atoms with Gasteiger partial charge in [0.15, 0.2) is 0 Å². The third-order valence-electron chi connectivity index (χ3n) is 6.62. The summed E-state index contributed by atoms with van der Waals surface area (Å²) in [6.45, 7) is 6.57. The monoisotopic (exact) mass is 452 g/mol. The molecule has 34 heavy (non-hydrogen) atoms. The molecule has 1 amide bonds. The summed E-state index contributed by atoms with van der Waals surface area (Å²) in [7, 11) is 0. The van der Waals surface area contributed by atoms with E-state index >= 15 is 0 Å². The van der Waals surface area contributed by atoms with Crippen LogP contribution in [0.5, 0.6) is 5.75 Å². The zero-order valence-corrected chi connectivity index (χ0v) is 20.0. The number of allylic oxidation sites excluding steroid dienone is 2. The first-order valence-corrected chi connectivity index (χ1v) is 12.0. The molecule has 5 rings (SSSR count). The maximum Gasteiger partial charge on any atom is 0.253 e. The first kappa shape index (κ1) is 22.3. The Labute approximate surface area is 202 Å². The number of rotatable bonds is 5. The Kier molecular flexibility index (Phi) is 5.91. The normalized spacial score (nSPS) is 20.7. The van der Waals surface area contributed by atoms with Crippen molar-refractivity contribution in [2.75, 3.05) is 5.32 Å². The molecule has 1 heterocycles. The highest BCUT2D eigenvalue weighted by atomic mass is 16.5. The van der Waals surface area contributed by atoms with E-state index in [1.807, 2.05) is 63.2 Å². The van der Waals surface area contributed by atoms with Gasteiger partial charge in [0.2, 0.25) is 0 Å². The second-order valence-corrected chi connectivity index (χ2v) is 10.3. The zero-order chi connectivity index (χ0) is 23.7. The number of amides is 1. The fourth-order valence-electron chi connectivity index (χ4n) is 5.06. The van der Waals surface area contributed by atoms with Gasteiger partial charge in [-0.25, -0.2) is 0 Å². The molecule has 0 bridgehead atoms. The molecule has 3 aromatic rings. The number of carbonyl (C=O) groups excluding carboxylic acids is 1. The predicted octanol–water partition coefficient (Wildman–Crippen LogP) is 6.62. The van der Waals surface area contributed by atoms with Gasteiger partial charge in [-0.15, -0.1) is 0 Å². The third kappa shape index (κ3) is 4.58. The molecular weight excluding hydrogens is 420 g/mol. The highest BCUT2D eigenvalue weighted by Gasteiger charge is 2.39. The van der Waals surface area contributed by atoms with Crippen molar-refractivity contribution in [1.82, 2.24) is 5.32 Å². The standard InChI is InChI=1S/C30H32N2O2/c1-30(2,3)32-29(33)26-14-8-13-25-23-11-7-12-24(23)27(31-28(25)26)21-15-17-22(18-16-21)34-19-20-9-5-4-6-10-20/h4-11,13-18,23-24,27,31H,12,19H2,1-3H3,(H,32,33). The molecule has 3 atom stereocenters. The van der Waals surface area contributed by atoms with Gasteiger partial charge in [0, 0.05) is 11.5 Å². The minimum absolute atomic E-state index is 0.0410. The Morgan fingerprint density at radius 1 is 1.00 bits per heavy atom. The lowest BCUT2D eigenvalue weighted by atomic mass is 9.76. The topological polar surface area (TPSA) is 50.4 Å². The Hall–Kier alpha value is -3.53. The molecule has 4 nitrogen and oxygen atoms in total. The number of anilines is 1. The SMILES string of the molecule is CC(C)(C)NC(=O)c1cccc2c1NC(c1ccc(OCc3ccccc3)cc1)C1CC=CC21. The van der Waals surface area contributed by atoms with Crippen molar-refractivity contribution in [3.63, 3.8) is 0 Å². The highest BCUT2D eigenvalue weighted by Crippen LogP contribution is 2.50. The van der Waals surface area contributed by atoms with Crippen LogP contribution in [0.1, 0.15) is 66.2 Å². The van der Waals surface area contributed by atoms with Crippen LogP contribution in [0.15, 0.2) is 84.9 Å². The molecule has 1 aliphatic carbocycles. The molecule has 0 saturated carbocycles. The quantitative estimate of drug-likeness (QED) is 0.428. The lowest BCUT2D eigenvalue weighted by molar-refractivity contribution is 0.0920. The van der Waals surface area contributed by atoms with Crippen LogP contribution in [0.4, 0.5) is 5.69 Å². The summed E-state index contributed by atoms with van der Waals surface area (Å²) >= 11 is 0. The number of benzene rings is 3. The average Bonchev–Trinajstić information content (AvgIpc) is 3.32. The van der Waals surface area contributed by atoms with Gasteiger partial charge in [-0.1, -0.05) is 66.7 Å². The maximum atomic E-state index is 13.1. The van der Waals surface area contributed by atoms with Crippen LogP contribution >= 0.6 is 0 Å². The summed E-state index contributed by atoms with van der Waals surface area (Å²) < 4.78 is 5.99. The molecule has 2 aliphatic rings. The Balaban J connectivity index is 1.40. The van der Waals surface area contributed by atoms with Crippen molar-refractivity contribution in [2.45, 2.75) is 51.3 Å². The predicted molar refractivity (Wildman–Crippen MR) is 137 cm³/mol. The molecule has 3 aromatic carbocycles. The van der Waals surface area contributed by atoms with Crippen LogP contribution in [0.25, 0.3) is 0 Å². The Bertz CT molecular complexity index is 1190. The number of hydrogen-bond donors (Lipinski definition) is 2. The minimum Gasteiger partial charge on any atom is -0.489 e. The van der Waals surface area contributed by atoms with Crippen molar-refractivity contribution in [2.24, 2.45) is 5.92 Å². The van der Waals surface area contributed by atoms with Gasteiger partial charge in [0.25, 0.3) is 5.91 Å². The lowest BCUT2D eigenvalue weighted by Crippen LogP contribution is -2.41. The maximum absolute atomic E-state index is 13.1. The molecular formula is C30H32N2O2. The number of ether oxygens (including phenoxy) is 1. The second-order valence-electron chi connectivity index (χ2n) is 10.3. The van der Waals surface area contributed by atoms with E-state index in [1.165, 1.54) is 11.1 Å². The minimum atomic E-state index is -0.292. The summed E-state index contributed by atoms with van der Waals surface area (Å²) in [6.07, 6.45) is 5.60. The van der Waals surface area contributed by atoms with Crippen LogP contribution in [-0.4, -0.2) is 11.4 Å². The summed E-state index contributed by atoms with van der Waals surface area (Å²) in [6, 6.07) is 24.8. The van der Waals surface area contributed by atoms with Gasteiger partial charge in [-0.05, 0) is 68.0 Å².